The van der Waals surface area contributed by atoms with Crippen LogP contribution in [0.4, 0.5) is 0 Å². The van der Waals surface area contributed by atoms with E-state index in [0.29, 0.717) is 19.6 Å². The summed E-state index contributed by atoms with van der Waals surface area (Å²) in [6, 6.07) is 7.91. The molecule has 150 valence electrons. The number of benzene rings is 1. The molecule has 1 unspecified atom stereocenters. The van der Waals surface area contributed by atoms with Gasteiger partial charge in [0.25, 0.3) is 0 Å². The highest BCUT2D eigenvalue weighted by molar-refractivity contribution is 5.76. The number of carbonyl (C=O) groups is 1. The topological polar surface area (TPSA) is 64.6 Å². The molecule has 1 amide bonds. The van der Waals surface area contributed by atoms with E-state index >= 15 is 0 Å². The monoisotopic (exact) mass is 383 g/mol. The summed E-state index contributed by atoms with van der Waals surface area (Å²) in [4.78, 5) is 23.8. The van der Waals surface area contributed by atoms with E-state index in [4.69, 9.17) is 9.47 Å². The Kier molecular flexibility index (Phi) is 6.98. The van der Waals surface area contributed by atoms with Crippen LogP contribution in [0.15, 0.2) is 30.5 Å². The Labute approximate surface area is 166 Å². The first-order valence-electron chi connectivity index (χ1n) is 9.82. The van der Waals surface area contributed by atoms with Gasteiger partial charge >= 0.3 is 0 Å². The number of piperidine rings is 1. The molecule has 1 aromatic carbocycles. The third kappa shape index (κ3) is 5.07. The fourth-order valence-electron chi connectivity index (χ4n) is 3.76. The van der Waals surface area contributed by atoms with Crippen LogP contribution in [0, 0.1) is 6.92 Å². The quantitative estimate of drug-likeness (QED) is 0.734. The third-order valence-electron chi connectivity index (χ3n) is 5.27. The highest BCUT2D eigenvalue weighted by Gasteiger charge is 2.27. The Bertz CT molecular complexity index is 792. The van der Waals surface area contributed by atoms with Crippen LogP contribution in [0.2, 0.25) is 0 Å². The predicted octanol–water partition coefficient (Wildman–Crippen LogP) is 3.28. The molecule has 1 fully saturated rings. The molecular weight excluding hydrogens is 354 g/mol. The van der Waals surface area contributed by atoms with E-state index in [1.807, 2.05) is 42.3 Å². The molecule has 0 bridgehead atoms. The van der Waals surface area contributed by atoms with Gasteiger partial charge in [-0.05, 0) is 43.9 Å². The fraction of sp³-hybridized carbons (Fsp3) is 0.500. The van der Waals surface area contributed by atoms with E-state index < -0.39 is 0 Å². The highest BCUT2D eigenvalue weighted by atomic mass is 16.5. The van der Waals surface area contributed by atoms with Gasteiger partial charge in [-0.3, -0.25) is 4.79 Å². The van der Waals surface area contributed by atoms with Gasteiger partial charge < -0.3 is 14.4 Å². The summed E-state index contributed by atoms with van der Waals surface area (Å²) in [7, 11) is 3.34. The number of aryl methyl sites for hydroxylation is 2. The van der Waals surface area contributed by atoms with Gasteiger partial charge in [-0.1, -0.05) is 12.1 Å². The van der Waals surface area contributed by atoms with E-state index in [0.717, 1.165) is 54.2 Å². The van der Waals surface area contributed by atoms with Crippen LogP contribution in [-0.4, -0.2) is 48.1 Å². The number of nitrogens with zero attached hydrogens (tertiary/aromatic N) is 3. The highest BCUT2D eigenvalue weighted by Crippen LogP contribution is 2.28. The number of methoxy groups -OCH3 is 2. The summed E-state index contributed by atoms with van der Waals surface area (Å²) in [5.74, 6) is 2.05. The van der Waals surface area contributed by atoms with Crippen molar-refractivity contribution in [3.63, 3.8) is 0 Å². The standard InChI is InChI=1S/C22H29N3O3/c1-16-23-13-19(15-27-2)22(24-16)18-5-4-12-25(14-18)21(26)11-8-17-6-9-20(28-3)10-7-17/h6-7,9-10,13,18H,4-5,8,11-12,14-15H2,1-3H3. The summed E-state index contributed by atoms with van der Waals surface area (Å²) in [6.07, 6.45) is 5.15. The summed E-state index contributed by atoms with van der Waals surface area (Å²) in [5.41, 5.74) is 3.20. The Morgan fingerprint density at radius 1 is 1.25 bits per heavy atom. The number of hydrogen-bond acceptors (Lipinski definition) is 5. The Morgan fingerprint density at radius 2 is 2.04 bits per heavy atom. The van der Waals surface area contributed by atoms with E-state index in [9.17, 15) is 4.79 Å². The molecule has 2 heterocycles. The molecule has 1 aromatic heterocycles. The molecule has 1 aliphatic rings. The molecule has 0 N–H and O–H groups in total. The van der Waals surface area contributed by atoms with Gasteiger partial charge in [-0.25, -0.2) is 9.97 Å². The van der Waals surface area contributed by atoms with Crippen LogP contribution in [0.25, 0.3) is 0 Å². The first-order chi connectivity index (χ1) is 13.6. The van der Waals surface area contributed by atoms with Crippen molar-refractivity contribution in [2.75, 3.05) is 27.3 Å². The lowest BCUT2D eigenvalue weighted by Crippen LogP contribution is -2.39. The average molecular weight is 383 g/mol. The van der Waals surface area contributed by atoms with E-state index in [1.54, 1.807) is 14.2 Å². The summed E-state index contributed by atoms with van der Waals surface area (Å²) < 4.78 is 10.5. The van der Waals surface area contributed by atoms with Gasteiger partial charge in [0.05, 0.1) is 19.4 Å². The fourth-order valence-corrected chi connectivity index (χ4v) is 3.76. The Hall–Kier alpha value is -2.47. The van der Waals surface area contributed by atoms with Crippen molar-refractivity contribution in [2.45, 2.75) is 45.1 Å². The van der Waals surface area contributed by atoms with Gasteiger partial charge in [0.2, 0.25) is 5.91 Å². The summed E-state index contributed by atoms with van der Waals surface area (Å²) >= 11 is 0. The lowest BCUT2D eigenvalue weighted by molar-refractivity contribution is -0.132. The number of likely N-dealkylation sites (tertiary alicyclic amines) is 1. The largest absolute Gasteiger partial charge is 0.497 e. The van der Waals surface area contributed by atoms with Gasteiger partial charge in [0.1, 0.15) is 11.6 Å². The van der Waals surface area contributed by atoms with E-state index in [2.05, 4.69) is 9.97 Å². The number of rotatable bonds is 7. The predicted molar refractivity (Wildman–Crippen MR) is 107 cm³/mol. The Balaban J connectivity index is 1.62. The van der Waals surface area contributed by atoms with E-state index in [1.165, 1.54) is 0 Å². The molecule has 6 nitrogen and oxygen atoms in total. The van der Waals surface area contributed by atoms with Crippen LogP contribution in [0.5, 0.6) is 5.75 Å². The van der Waals surface area contributed by atoms with Crippen molar-refractivity contribution >= 4 is 5.91 Å². The lowest BCUT2D eigenvalue weighted by atomic mass is 9.91. The van der Waals surface area contributed by atoms with Crippen molar-refractivity contribution in [1.29, 1.82) is 0 Å². The van der Waals surface area contributed by atoms with Crippen molar-refractivity contribution < 1.29 is 14.3 Å². The molecular formula is C22H29N3O3. The zero-order valence-electron chi connectivity index (χ0n) is 17.0. The zero-order chi connectivity index (χ0) is 19.9. The maximum Gasteiger partial charge on any atom is 0.222 e. The first-order valence-corrected chi connectivity index (χ1v) is 9.82. The average Bonchev–Trinajstić information content (AvgIpc) is 2.74. The first kappa shape index (κ1) is 20.3. The third-order valence-corrected chi connectivity index (χ3v) is 5.27. The van der Waals surface area contributed by atoms with E-state index in [-0.39, 0.29) is 11.8 Å². The molecule has 1 atom stereocenters. The minimum Gasteiger partial charge on any atom is -0.497 e. The minimum atomic E-state index is 0.208. The van der Waals surface area contributed by atoms with Crippen molar-refractivity contribution in [3.8, 4) is 5.75 Å². The molecule has 0 spiro atoms. The molecule has 3 rings (SSSR count). The smallest absolute Gasteiger partial charge is 0.222 e. The maximum absolute atomic E-state index is 12.8. The molecule has 6 heteroatoms. The SMILES string of the molecule is COCc1cnc(C)nc1C1CCCN(C(=O)CCc2ccc(OC)cc2)C1. The number of ether oxygens (including phenoxy) is 2. The normalized spacial score (nSPS) is 16.8. The maximum atomic E-state index is 12.8. The molecule has 2 aromatic rings. The molecule has 0 radical (unpaired) electrons. The second-order valence-electron chi connectivity index (χ2n) is 7.29. The summed E-state index contributed by atoms with van der Waals surface area (Å²) in [5, 5.41) is 0. The lowest BCUT2D eigenvalue weighted by Gasteiger charge is -2.33. The van der Waals surface area contributed by atoms with Gasteiger partial charge in [0, 0.05) is 44.3 Å². The number of amides is 1. The molecule has 28 heavy (non-hydrogen) atoms. The van der Waals surface area contributed by atoms with Crippen LogP contribution < -0.4 is 4.74 Å². The van der Waals surface area contributed by atoms with Crippen molar-refractivity contribution in [1.82, 2.24) is 14.9 Å². The van der Waals surface area contributed by atoms with Crippen molar-refractivity contribution in [2.24, 2.45) is 0 Å². The van der Waals surface area contributed by atoms with Crippen LogP contribution in [0.1, 0.15) is 47.8 Å². The number of carbonyl (C=O) groups excluding carboxylic acids is 1. The molecule has 1 saturated heterocycles. The summed E-state index contributed by atoms with van der Waals surface area (Å²) in [6.45, 7) is 3.94. The van der Waals surface area contributed by atoms with Gasteiger partial charge in [-0.15, -0.1) is 0 Å². The molecule has 0 aliphatic carbocycles. The van der Waals surface area contributed by atoms with Gasteiger partial charge in [-0.2, -0.15) is 0 Å². The zero-order valence-corrected chi connectivity index (χ0v) is 17.0. The van der Waals surface area contributed by atoms with Crippen LogP contribution in [-0.2, 0) is 22.6 Å². The van der Waals surface area contributed by atoms with Crippen LogP contribution in [0.3, 0.4) is 0 Å². The number of hydrogen-bond donors (Lipinski definition) is 0. The second-order valence-corrected chi connectivity index (χ2v) is 7.29. The van der Waals surface area contributed by atoms with Crippen LogP contribution >= 0.6 is 0 Å². The number of aromatic nitrogens is 2. The van der Waals surface area contributed by atoms with Gasteiger partial charge in [0.15, 0.2) is 0 Å². The van der Waals surface area contributed by atoms with Crippen molar-refractivity contribution in [3.05, 3.63) is 53.1 Å². The molecule has 0 saturated carbocycles. The minimum absolute atomic E-state index is 0.208. The second kappa shape index (κ2) is 9.64. The Morgan fingerprint density at radius 3 is 2.75 bits per heavy atom. The molecule has 1 aliphatic heterocycles.